The van der Waals surface area contributed by atoms with Crippen LogP contribution in [0.5, 0.6) is 0 Å². The van der Waals surface area contributed by atoms with Crippen LogP contribution in [0.1, 0.15) is 26.6 Å². The molecule has 0 bridgehead atoms. The summed E-state index contributed by atoms with van der Waals surface area (Å²) in [7, 11) is -4.90. The van der Waals surface area contributed by atoms with Crippen molar-refractivity contribution in [3.63, 3.8) is 0 Å². The summed E-state index contributed by atoms with van der Waals surface area (Å²) in [5.41, 5.74) is 0.391. The topological polar surface area (TPSA) is 139 Å². The first-order valence-corrected chi connectivity index (χ1v) is 7.67. The number of hydrogen-bond acceptors (Lipinski definition) is 6. The highest BCUT2D eigenvalue weighted by Crippen LogP contribution is 2.36. The number of carbonyl (C=O) groups is 1. The summed E-state index contributed by atoms with van der Waals surface area (Å²) in [5.74, 6) is 0.699. The zero-order valence-electron chi connectivity index (χ0n) is 11.7. The van der Waals surface area contributed by atoms with Crippen LogP contribution in [-0.2, 0) is 15.5 Å². The van der Waals surface area contributed by atoms with E-state index in [1.165, 1.54) is 17.0 Å². The molecule has 0 unspecified atom stereocenters. The van der Waals surface area contributed by atoms with Crippen LogP contribution in [0, 0.1) is 0 Å². The SMILES string of the molecule is CC.CCc1ncc2c(NC(=O)OP(=O)(O)O)ncnn12. The van der Waals surface area contributed by atoms with Crippen LogP contribution in [0.3, 0.4) is 0 Å². The van der Waals surface area contributed by atoms with E-state index in [9.17, 15) is 9.36 Å². The second kappa shape index (κ2) is 7.11. The molecule has 0 radical (unpaired) electrons. The number of fused-ring (bicyclic) bond motifs is 1. The van der Waals surface area contributed by atoms with Crippen molar-refractivity contribution in [1.82, 2.24) is 19.6 Å². The van der Waals surface area contributed by atoms with E-state index in [2.05, 4.69) is 24.9 Å². The molecule has 0 aliphatic heterocycles. The molecule has 0 saturated carbocycles. The number of nitrogens with zero attached hydrogens (tertiary/aromatic N) is 4. The van der Waals surface area contributed by atoms with Crippen LogP contribution < -0.4 is 5.32 Å². The number of phosphoric acid groups is 1. The molecule has 11 heteroatoms. The molecule has 3 N–H and O–H groups in total. The monoisotopic (exact) mass is 317 g/mol. The maximum Gasteiger partial charge on any atom is 0.528 e. The van der Waals surface area contributed by atoms with Gasteiger partial charge in [-0.3, -0.25) is 15.1 Å². The first kappa shape index (κ1) is 17.0. The molecule has 0 fully saturated rings. The van der Waals surface area contributed by atoms with E-state index in [4.69, 9.17) is 9.79 Å². The molecule has 2 rings (SSSR count). The third-order valence-electron chi connectivity index (χ3n) is 2.14. The molecule has 1 amide bonds. The fourth-order valence-corrected chi connectivity index (χ4v) is 1.70. The minimum Gasteiger partial charge on any atom is -0.353 e. The van der Waals surface area contributed by atoms with Gasteiger partial charge in [-0.25, -0.2) is 23.8 Å². The van der Waals surface area contributed by atoms with Gasteiger partial charge in [-0.15, -0.1) is 0 Å². The summed E-state index contributed by atoms with van der Waals surface area (Å²) >= 11 is 0. The molecule has 0 atom stereocenters. The van der Waals surface area contributed by atoms with Gasteiger partial charge in [0.1, 0.15) is 17.7 Å². The van der Waals surface area contributed by atoms with Crippen molar-refractivity contribution < 1.29 is 23.7 Å². The Morgan fingerprint density at radius 1 is 1.43 bits per heavy atom. The Kier molecular flexibility index (Phi) is 5.77. The highest BCUT2D eigenvalue weighted by molar-refractivity contribution is 7.46. The number of rotatable bonds is 3. The van der Waals surface area contributed by atoms with Gasteiger partial charge in [0, 0.05) is 6.42 Å². The average Bonchev–Trinajstić information content (AvgIpc) is 2.83. The van der Waals surface area contributed by atoms with Crippen LogP contribution in [0.4, 0.5) is 10.6 Å². The van der Waals surface area contributed by atoms with Gasteiger partial charge >= 0.3 is 13.9 Å². The molecule has 2 aromatic rings. The Balaban J connectivity index is 0.00000106. The predicted molar refractivity (Wildman–Crippen MR) is 73.7 cm³/mol. The van der Waals surface area contributed by atoms with E-state index in [-0.39, 0.29) is 5.82 Å². The van der Waals surface area contributed by atoms with Gasteiger partial charge < -0.3 is 4.52 Å². The van der Waals surface area contributed by atoms with E-state index < -0.39 is 13.9 Å². The lowest BCUT2D eigenvalue weighted by Gasteiger charge is -2.07. The number of imidazole rings is 1. The fraction of sp³-hybridized carbons (Fsp3) is 0.400. The Morgan fingerprint density at radius 2 is 2.10 bits per heavy atom. The van der Waals surface area contributed by atoms with Gasteiger partial charge in [0.15, 0.2) is 5.82 Å². The van der Waals surface area contributed by atoms with Crippen molar-refractivity contribution in [2.24, 2.45) is 0 Å². The summed E-state index contributed by atoms with van der Waals surface area (Å²) < 4.78 is 15.8. The molecule has 0 spiro atoms. The van der Waals surface area contributed by atoms with Gasteiger partial charge in [-0.2, -0.15) is 5.10 Å². The molecule has 116 valence electrons. The van der Waals surface area contributed by atoms with Crippen molar-refractivity contribution in [2.75, 3.05) is 5.32 Å². The number of aromatic nitrogens is 4. The van der Waals surface area contributed by atoms with Crippen molar-refractivity contribution in [3.8, 4) is 0 Å². The molecular formula is C10H16N5O5P. The van der Waals surface area contributed by atoms with E-state index in [0.29, 0.717) is 17.8 Å². The quantitative estimate of drug-likeness (QED) is 0.721. The van der Waals surface area contributed by atoms with Crippen LogP contribution in [0.25, 0.3) is 5.52 Å². The minimum absolute atomic E-state index is 0.0423. The van der Waals surface area contributed by atoms with Gasteiger partial charge in [-0.05, 0) is 0 Å². The summed E-state index contributed by atoms with van der Waals surface area (Å²) in [6.07, 6.45) is 1.93. The third-order valence-corrected chi connectivity index (χ3v) is 2.55. The molecular weight excluding hydrogens is 301 g/mol. The summed E-state index contributed by atoms with van der Waals surface area (Å²) in [6.45, 7) is 5.88. The second-order valence-corrected chi connectivity index (χ2v) is 4.59. The summed E-state index contributed by atoms with van der Waals surface area (Å²) in [6, 6.07) is 0. The van der Waals surface area contributed by atoms with Crippen molar-refractivity contribution >= 4 is 25.3 Å². The zero-order valence-corrected chi connectivity index (χ0v) is 12.6. The van der Waals surface area contributed by atoms with Crippen molar-refractivity contribution in [3.05, 3.63) is 18.3 Å². The molecule has 0 saturated heterocycles. The molecule has 21 heavy (non-hydrogen) atoms. The smallest absolute Gasteiger partial charge is 0.353 e. The normalized spacial score (nSPS) is 10.7. The number of hydrogen-bond donors (Lipinski definition) is 3. The van der Waals surface area contributed by atoms with Crippen LogP contribution in [0.2, 0.25) is 0 Å². The summed E-state index contributed by atoms with van der Waals surface area (Å²) in [4.78, 5) is 36.1. The maximum atomic E-state index is 11.2. The predicted octanol–water partition coefficient (Wildman–Crippen LogP) is 1.35. The second-order valence-electron chi connectivity index (χ2n) is 3.43. The van der Waals surface area contributed by atoms with E-state index in [1.54, 1.807) is 0 Å². The van der Waals surface area contributed by atoms with Gasteiger partial charge in [0.2, 0.25) is 0 Å². The fourth-order valence-electron chi connectivity index (χ4n) is 1.44. The van der Waals surface area contributed by atoms with Gasteiger partial charge in [0.05, 0.1) is 6.20 Å². The Morgan fingerprint density at radius 3 is 2.67 bits per heavy atom. The highest BCUT2D eigenvalue weighted by atomic mass is 31.2. The standard InChI is InChI=1S/C8H10N5O5P.C2H6/c1-2-6-9-3-5-7(10-4-11-13(5)6)12-8(14)18-19(15,16)17;1-2/h3-4H,2H2,1H3,(H2,15,16,17)(H,10,11,12,14);1-2H3. The van der Waals surface area contributed by atoms with Gasteiger partial charge in [0.25, 0.3) is 0 Å². The van der Waals surface area contributed by atoms with Gasteiger partial charge in [-0.1, -0.05) is 20.8 Å². The lowest BCUT2D eigenvalue weighted by Crippen LogP contribution is -2.14. The lowest BCUT2D eigenvalue weighted by atomic mass is 10.5. The first-order valence-electron chi connectivity index (χ1n) is 6.14. The number of aryl methyl sites for hydroxylation is 1. The molecule has 0 aliphatic carbocycles. The molecule has 0 aliphatic rings. The van der Waals surface area contributed by atoms with Crippen LogP contribution in [0.15, 0.2) is 12.5 Å². The Hall–Kier alpha value is -2.03. The largest absolute Gasteiger partial charge is 0.528 e. The molecule has 0 aromatic carbocycles. The average molecular weight is 317 g/mol. The van der Waals surface area contributed by atoms with E-state index in [1.807, 2.05) is 20.8 Å². The highest BCUT2D eigenvalue weighted by Gasteiger charge is 2.21. The lowest BCUT2D eigenvalue weighted by molar-refractivity contribution is 0.189. The molecule has 10 nitrogen and oxygen atoms in total. The van der Waals surface area contributed by atoms with Crippen LogP contribution in [-0.4, -0.2) is 35.5 Å². The summed E-state index contributed by atoms with van der Waals surface area (Å²) in [5, 5.41) is 6.07. The number of anilines is 1. The number of phosphoric ester groups is 1. The number of carbonyl (C=O) groups excluding carboxylic acids is 1. The number of nitrogens with one attached hydrogen (secondary N) is 1. The first-order chi connectivity index (χ1) is 9.90. The van der Waals surface area contributed by atoms with Crippen molar-refractivity contribution in [2.45, 2.75) is 27.2 Å². The Labute approximate surface area is 120 Å². The third kappa shape index (κ3) is 4.48. The minimum atomic E-state index is -4.90. The van der Waals surface area contributed by atoms with Crippen molar-refractivity contribution in [1.29, 1.82) is 0 Å². The molecule has 2 heterocycles. The zero-order chi connectivity index (χ0) is 16.0. The van der Waals surface area contributed by atoms with E-state index in [0.717, 1.165) is 0 Å². The van der Waals surface area contributed by atoms with Crippen LogP contribution >= 0.6 is 7.82 Å². The maximum absolute atomic E-state index is 11.2. The van der Waals surface area contributed by atoms with E-state index >= 15 is 0 Å². The molecule has 2 aromatic heterocycles. The Bertz CT molecular complexity index is 667. The number of amides is 1.